The van der Waals surface area contributed by atoms with Crippen LogP contribution in [0.15, 0.2) is 23.4 Å². The van der Waals surface area contributed by atoms with Crippen molar-refractivity contribution in [3.63, 3.8) is 0 Å². The van der Waals surface area contributed by atoms with Crippen LogP contribution in [-0.4, -0.2) is 26.4 Å². The summed E-state index contributed by atoms with van der Waals surface area (Å²) in [7, 11) is 0. The van der Waals surface area contributed by atoms with Gasteiger partial charge in [0.15, 0.2) is 5.16 Å². The Morgan fingerprint density at radius 3 is 2.95 bits per heavy atom. The van der Waals surface area contributed by atoms with Gasteiger partial charge in [-0.05, 0) is 43.9 Å². The van der Waals surface area contributed by atoms with Gasteiger partial charge in [0.1, 0.15) is 0 Å². The number of benzene rings is 1. The van der Waals surface area contributed by atoms with Crippen molar-refractivity contribution in [2.24, 2.45) is 0 Å². The molecule has 1 saturated carbocycles. The fourth-order valence-electron chi connectivity index (χ4n) is 2.41. The van der Waals surface area contributed by atoms with E-state index in [0.29, 0.717) is 6.04 Å². The molecule has 1 heterocycles. The first-order valence-electron chi connectivity index (χ1n) is 6.48. The van der Waals surface area contributed by atoms with E-state index in [2.05, 4.69) is 22.5 Å². The fraction of sp³-hybridized carbons (Fsp3) is 0.429. The van der Waals surface area contributed by atoms with Crippen molar-refractivity contribution in [1.29, 1.82) is 0 Å². The Morgan fingerprint density at radius 1 is 1.53 bits per heavy atom. The van der Waals surface area contributed by atoms with E-state index < -0.39 is 5.97 Å². The smallest absolute Gasteiger partial charge is 0.313 e. The zero-order valence-corrected chi connectivity index (χ0v) is 11.6. The number of fused-ring (bicyclic) bond motifs is 1. The van der Waals surface area contributed by atoms with Crippen LogP contribution in [0.5, 0.6) is 0 Å². The van der Waals surface area contributed by atoms with Gasteiger partial charge in [-0.15, -0.1) is 0 Å². The van der Waals surface area contributed by atoms with Crippen LogP contribution in [0.25, 0.3) is 11.0 Å². The van der Waals surface area contributed by atoms with Gasteiger partial charge in [0.05, 0.1) is 16.8 Å². The van der Waals surface area contributed by atoms with Crippen LogP contribution in [-0.2, 0) is 4.79 Å². The molecule has 0 bridgehead atoms. The number of carbonyl (C=O) groups is 1. The molecule has 0 amide bonds. The molecule has 0 spiro atoms. The molecule has 5 heteroatoms. The lowest BCUT2D eigenvalue weighted by atomic mass is 9.93. The van der Waals surface area contributed by atoms with Gasteiger partial charge in [0.2, 0.25) is 0 Å². The number of thioether (sulfide) groups is 1. The maximum absolute atomic E-state index is 10.7. The van der Waals surface area contributed by atoms with Gasteiger partial charge in [-0.1, -0.05) is 17.8 Å². The average molecular weight is 276 g/mol. The Morgan fingerprint density at radius 2 is 2.32 bits per heavy atom. The van der Waals surface area contributed by atoms with Gasteiger partial charge in [0, 0.05) is 6.04 Å². The molecule has 0 unspecified atom stereocenters. The van der Waals surface area contributed by atoms with Gasteiger partial charge >= 0.3 is 5.97 Å². The van der Waals surface area contributed by atoms with Gasteiger partial charge in [-0.25, -0.2) is 4.98 Å². The number of aliphatic carboxylic acids is 1. The zero-order chi connectivity index (χ0) is 13.4. The van der Waals surface area contributed by atoms with Crippen molar-refractivity contribution in [3.05, 3.63) is 23.8 Å². The standard InChI is InChI=1S/C14H16N2O2S/c1-9-5-6-11-12(7-9)16(10-3-2-4-10)14(15-11)19-8-13(17)18/h5-7,10H,2-4,8H2,1H3,(H,17,18). The molecular weight excluding hydrogens is 260 g/mol. The summed E-state index contributed by atoms with van der Waals surface area (Å²) in [6.07, 6.45) is 3.58. The Kier molecular flexibility index (Phi) is 3.22. The van der Waals surface area contributed by atoms with Crippen molar-refractivity contribution in [2.75, 3.05) is 5.75 Å². The summed E-state index contributed by atoms with van der Waals surface area (Å²) in [5.41, 5.74) is 3.31. The monoisotopic (exact) mass is 276 g/mol. The molecule has 1 aliphatic carbocycles. The third kappa shape index (κ3) is 2.34. The first-order chi connectivity index (χ1) is 9.15. The summed E-state index contributed by atoms with van der Waals surface area (Å²) in [6.45, 7) is 2.07. The number of carboxylic acid groups (broad SMARTS) is 1. The molecule has 19 heavy (non-hydrogen) atoms. The van der Waals surface area contributed by atoms with Crippen LogP contribution < -0.4 is 0 Å². The third-order valence-electron chi connectivity index (χ3n) is 3.58. The second kappa shape index (κ2) is 4.89. The van der Waals surface area contributed by atoms with E-state index in [9.17, 15) is 4.79 Å². The minimum Gasteiger partial charge on any atom is -0.481 e. The summed E-state index contributed by atoms with van der Waals surface area (Å²) in [4.78, 5) is 15.3. The quantitative estimate of drug-likeness (QED) is 0.871. The first-order valence-corrected chi connectivity index (χ1v) is 7.47. The number of imidazole rings is 1. The van der Waals surface area contributed by atoms with E-state index in [0.717, 1.165) is 16.2 Å². The zero-order valence-electron chi connectivity index (χ0n) is 10.8. The van der Waals surface area contributed by atoms with Crippen molar-refractivity contribution in [3.8, 4) is 0 Å². The van der Waals surface area contributed by atoms with Gasteiger partial charge in [-0.2, -0.15) is 0 Å². The minimum atomic E-state index is -0.798. The van der Waals surface area contributed by atoms with E-state index in [1.54, 1.807) is 0 Å². The van der Waals surface area contributed by atoms with E-state index in [4.69, 9.17) is 5.11 Å². The maximum atomic E-state index is 10.7. The summed E-state index contributed by atoms with van der Waals surface area (Å²) in [5, 5.41) is 9.68. The van der Waals surface area contributed by atoms with E-state index >= 15 is 0 Å². The molecule has 1 aromatic carbocycles. The van der Waals surface area contributed by atoms with Crippen LogP contribution in [0.1, 0.15) is 30.9 Å². The van der Waals surface area contributed by atoms with Crippen LogP contribution >= 0.6 is 11.8 Å². The Bertz CT molecular complexity index is 632. The third-order valence-corrected chi connectivity index (χ3v) is 4.51. The van der Waals surface area contributed by atoms with Crippen LogP contribution in [0.4, 0.5) is 0 Å². The molecule has 4 nitrogen and oxygen atoms in total. The summed E-state index contributed by atoms with van der Waals surface area (Å²) in [6, 6.07) is 6.70. The Hall–Kier alpha value is -1.49. The Balaban J connectivity index is 2.05. The average Bonchev–Trinajstić information content (AvgIpc) is 2.63. The number of rotatable bonds is 4. The van der Waals surface area contributed by atoms with Crippen LogP contribution in [0.2, 0.25) is 0 Å². The van der Waals surface area contributed by atoms with Crippen molar-refractivity contribution in [1.82, 2.24) is 9.55 Å². The number of aryl methyl sites for hydroxylation is 1. The molecule has 0 atom stereocenters. The summed E-state index contributed by atoms with van der Waals surface area (Å²) < 4.78 is 2.24. The molecule has 1 aromatic heterocycles. The number of hydrogen-bond donors (Lipinski definition) is 1. The predicted octanol–water partition coefficient (Wildman–Crippen LogP) is 3.25. The first kappa shape index (κ1) is 12.5. The lowest BCUT2D eigenvalue weighted by Crippen LogP contribution is -2.18. The van der Waals surface area contributed by atoms with E-state index in [-0.39, 0.29) is 5.75 Å². The molecule has 0 saturated heterocycles. The minimum absolute atomic E-state index is 0.0645. The Labute approximate surface area is 115 Å². The highest BCUT2D eigenvalue weighted by Gasteiger charge is 2.25. The van der Waals surface area contributed by atoms with Gasteiger partial charge < -0.3 is 9.67 Å². The molecule has 0 radical (unpaired) electrons. The molecule has 1 N–H and O–H groups in total. The maximum Gasteiger partial charge on any atom is 0.313 e. The second-order valence-corrected chi connectivity index (χ2v) is 5.97. The number of nitrogens with zero attached hydrogens (tertiary/aromatic N) is 2. The van der Waals surface area contributed by atoms with Crippen LogP contribution in [0.3, 0.4) is 0 Å². The second-order valence-electron chi connectivity index (χ2n) is 5.02. The summed E-state index contributed by atoms with van der Waals surface area (Å²) in [5.74, 6) is -0.733. The van der Waals surface area contributed by atoms with Crippen molar-refractivity contribution >= 4 is 28.8 Å². The van der Waals surface area contributed by atoms with E-state index in [1.165, 1.54) is 36.6 Å². The van der Waals surface area contributed by atoms with Gasteiger partial charge in [0.25, 0.3) is 0 Å². The number of hydrogen-bond acceptors (Lipinski definition) is 3. The van der Waals surface area contributed by atoms with Crippen molar-refractivity contribution in [2.45, 2.75) is 37.4 Å². The molecule has 1 fully saturated rings. The number of carboxylic acids is 1. The predicted molar refractivity (Wildman–Crippen MR) is 75.7 cm³/mol. The molecule has 100 valence electrons. The molecule has 1 aliphatic rings. The van der Waals surface area contributed by atoms with E-state index in [1.807, 2.05) is 12.1 Å². The SMILES string of the molecule is Cc1ccc2nc(SCC(=O)O)n(C3CCC3)c2c1. The highest BCUT2D eigenvalue weighted by atomic mass is 32.2. The fourth-order valence-corrected chi connectivity index (χ4v) is 3.21. The van der Waals surface area contributed by atoms with Gasteiger partial charge in [-0.3, -0.25) is 4.79 Å². The molecule has 0 aliphatic heterocycles. The highest BCUT2D eigenvalue weighted by Crippen LogP contribution is 2.38. The topological polar surface area (TPSA) is 55.1 Å². The number of aromatic nitrogens is 2. The normalized spacial score (nSPS) is 15.6. The molecule has 3 rings (SSSR count). The van der Waals surface area contributed by atoms with Crippen molar-refractivity contribution < 1.29 is 9.90 Å². The summed E-state index contributed by atoms with van der Waals surface area (Å²) >= 11 is 1.32. The lowest BCUT2D eigenvalue weighted by Gasteiger charge is -2.28. The van der Waals surface area contributed by atoms with Crippen LogP contribution in [0, 0.1) is 6.92 Å². The largest absolute Gasteiger partial charge is 0.481 e. The molecule has 2 aromatic rings. The molecular formula is C14H16N2O2S. The lowest BCUT2D eigenvalue weighted by molar-refractivity contribution is -0.133. The highest BCUT2D eigenvalue weighted by molar-refractivity contribution is 7.99.